The number of halogens is 1. The Morgan fingerprint density at radius 3 is 2.32 bits per heavy atom. The highest BCUT2D eigenvalue weighted by molar-refractivity contribution is 7.16. The van der Waals surface area contributed by atoms with E-state index in [0.717, 1.165) is 11.3 Å². The number of nitrogens with zero attached hydrogens (tertiary/aromatic N) is 2. The van der Waals surface area contributed by atoms with Crippen molar-refractivity contribution in [2.45, 2.75) is 38.5 Å². The van der Waals surface area contributed by atoms with Crippen molar-refractivity contribution in [2.24, 2.45) is 10.8 Å². The quantitative estimate of drug-likeness (QED) is 0.803. The molecule has 2 bridgehead atoms. The third-order valence-electron chi connectivity index (χ3n) is 6.26. The molecule has 1 aromatic heterocycles. The topological polar surface area (TPSA) is 103 Å². The maximum Gasteiger partial charge on any atom is 0.309 e. The average Bonchev–Trinajstić information content (AvgIpc) is 3.12. The summed E-state index contributed by atoms with van der Waals surface area (Å²) in [6.07, 6.45) is 3.08. The zero-order valence-electron chi connectivity index (χ0n) is 15.0. The number of aromatic nitrogens is 1. The van der Waals surface area contributed by atoms with Crippen LogP contribution in [-0.4, -0.2) is 22.0 Å². The van der Waals surface area contributed by atoms with Gasteiger partial charge in [0.2, 0.25) is 5.91 Å². The first kappa shape index (κ1) is 18.6. The second-order valence-corrected chi connectivity index (χ2v) is 8.61. The van der Waals surface area contributed by atoms with Gasteiger partial charge in [-0.15, -0.1) is 0 Å². The van der Waals surface area contributed by atoms with Gasteiger partial charge >= 0.3 is 5.97 Å². The van der Waals surface area contributed by atoms with Crippen LogP contribution in [0.25, 0.3) is 11.3 Å². The van der Waals surface area contributed by atoms with Gasteiger partial charge in [-0.05, 0) is 50.7 Å². The fourth-order valence-electron chi connectivity index (χ4n) is 4.36. The van der Waals surface area contributed by atoms with Crippen LogP contribution in [-0.2, 0) is 9.59 Å². The van der Waals surface area contributed by atoms with Crippen LogP contribution in [0.2, 0.25) is 0 Å². The van der Waals surface area contributed by atoms with Crippen molar-refractivity contribution in [1.82, 2.24) is 4.98 Å². The molecule has 2 aromatic rings. The molecule has 0 radical (unpaired) electrons. The van der Waals surface area contributed by atoms with Crippen molar-refractivity contribution in [3.63, 3.8) is 0 Å². The number of hydrogen-bond acceptors (Lipinski definition) is 5. The normalized spacial score (nSPS) is 25.9. The lowest BCUT2D eigenvalue weighted by molar-refractivity contribution is -0.162. The number of hydrogen-bond donors (Lipinski definition) is 2. The molecule has 1 heterocycles. The molecule has 8 heteroatoms. The van der Waals surface area contributed by atoms with Gasteiger partial charge in [-0.1, -0.05) is 23.5 Å². The molecule has 144 valence electrons. The summed E-state index contributed by atoms with van der Waals surface area (Å²) in [7, 11) is 0. The second kappa shape index (κ2) is 6.67. The molecule has 3 saturated carbocycles. The van der Waals surface area contributed by atoms with Crippen LogP contribution in [0, 0.1) is 28.0 Å². The number of amides is 1. The van der Waals surface area contributed by atoms with E-state index in [2.05, 4.69) is 10.3 Å². The minimum Gasteiger partial charge on any atom is -0.481 e. The molecular weight excluding hydrogens is 381 g/mol. The summed E-state index contributed by atoms with van der Waals surface area (Å²) < 4.78 is 14.1. The number of aliphatic carboxylic acids is 1. The van der Waals surface area contributed by atoms with Crippen molar-refractivity contribution in [2.75, 3.05) is 5.32 Å². The molecule has 0 saturated heterocycles. The Hall–Kier alpha value is -2.79. The molecule has 3 aliphatic rings. The lowest BCUT2D eigenvalue weighted by Crippen LogP contribution is -2.50. The number of nitrogens with one attached hydrogen (secondary N) is 1. The molecular formula is C20H18FN3O3S. The summed E-state index contributed by atoms with van der Waals surface area (Å²) >= 11 is 1.02. The van der Waals surface area contributed by atoms with E-state index < -0.39 is 22.6 Å². The number of carbonyl (C=O) groups is 2. The molecule has 0 aliphatic heterocycles. The summed E-state index contributed by atoms with van der Waals surface area (Å²) in [4.78, 5) is 29.1. The zero-order chi connectivity index (χ0) is 19.9. The average molecular weight is 399 g/mol. The van der Waals surface area contributed by atoms with E-state index in [-0.39, 0.29) is 27.2 Å². The number of nitriles is 1. The van der Waals surface area contributed by atoms with Crippen molar-refractivity contribution < 1.29 is 19.1 Å². The van der Waals surface area contributed by atoms with Crippen molar-refractivity contribution in [3.8, 4) is 17.3 Å². The molecule has 3 aliphatic carbocycles. The Balaban J connectivity index is 1.56. The van der Waals surface area contributed by atoms with Gasteiger partial charge in [-0.25, -0.2) is 9.37 Å². The molecule has 2 N–H and O–H groups in total. The number of fused-ring (bicyclic) bond motifs is 3. The maximum absolute atomic E-state index is 14.1. The summed E-state index contributed by atoms with van der Waals surface area (Å²) in [6.45, 7) is 0. The van der Waals surface area contributed by atoms with Crippen LogP contribution in [0.5, 0.6) is 0 Å². The lowest BCUT2D eigenvalue weighted by Gasteiger charge is -2.50. The number of carbonyl (C=O) groups excluding carboxylic acids is 1. The third-order valence-corrected chi connectivity index (χ3v) is 7.14. The monoisotopic (exact) mass is 399 g/mol. The van der Waals surface area contributed by atoms with E-state index in [9.17, 15) is 24.3 Å². The molecule has 3 fully saturated rings. The molecule has 0 spiro atoms. The van der Waals surface area contributed by atoms with Gasteiger partial charge in [0.25, 0.3) is 0 Å². The van der Waals surface area contributed by atoms with Crippen LogP contribution in [0.3, 0.4) is 0 Å². The van der Waals surface area contributed by atoms with E-state index in [1.807, 2.05) is 6.07 Å². The number of anilines is 1. The number of benzene rings is 1. The minimum atomic E-state index is -0.769. The molecule has 28 heavy (non-hydrogen) atoms. The van der Waals surface area contributed by atoms with Crippen LogP contribution < -0.4 is 5.32 Å². The first-order valence-corrected chi connectivity index (χ1v) is 9.92. The van der Waals surface area contributed by atoms with Crippen LogP contribution in [0.15, 0.2) is 24.3 Å². The summed E-state index contributed by atoms with van der Waals surface area (Å²) in [5.41, 5.74) is -0.839. The van der Waals surface area contributed by atoms with Crippen molar-refractivity contribution in [3.05, 3.63) is 35.0 Å². The van der Waals surface area contributed by atoms with E-state index in [1.165, 1.54) is 6.07 Å². The summed E-state index contributed by atoms with van der Waals surface area (Å²) in [6, 6.07) is 8.08. The number of carboxylic acid groups (broad SMARTS) is 1. The number of thiazole rings is 1. The molecule has 0 atom stereocenters. The predicted molar refractivity (Wildman–Crippen MR) is 101 cm³/mol. The second-order valence-electron chi connectivity index (χ2n) is 7.61. The smallest absolute Gasteiger partial charge is 0.309 e. The van der Waals surface area contributed by atoms with Gasteiger partial charge in [0.15, 0.2) is 5.13 Å². The van der Waals surface area contributed by atoms with Crippen LogP contribution in [0.1, 0.15) is 43.4 Å². The standard InChI is InChI=1S/C20H18FN3O3S/c21-13-4-2-1-3-12(13)15-14(11-22)28-18(23-15)24-16(25)19-5-8-20(9-6-19,10-7-19)17(26)27/h1-4H,5-10H2,(H,26,27)(H,23,24,25). The van der Waals surface area contributed by atoms with E-state index in [0.29, 0.717) is 38.5 Å². The first-order chi connectivity index (χ1) is 13.4. The van der Waals surface area contributed by atoms with Gasteiger partial charge in [-0.3, -0.25) is 9.59 Å². The Kier molecular flexibility index (Phi) is 4.42. The first-order valence-electron chi connectivity index (χ1n) is 9.10. The van der Waals surface area contributed by atoms with Gasteiger partial charge in [0.1, 0.15) is 22.5 Å². The minimum absolute atomic E-state index is 0.190. The van der Waals surface area contributed by atoms with E-state index in [4.69, 9.17) is 0 Å². The zero-order valence-corrected chi connectivity index (χ0v) is 15.8. The Bertz CT molecular complexity index is 986. The molecule has 1 amide bonds. The van der Waals surface area contributed by atoms with Gasteiger partial charge in [-0.2, -0.15) is 5.26 Å². The molecule has 5 rings (SSSR count). The van der Waals surface area contributed by atoms with E-state index >= 15 is 0 Å². The van der Waals surface area contributed by atoms with Gasteiger partial charge in [0.05, 0.1) is 5.41 Å². The lowest BCUT2D eigenvalue weighted by atomic mass is 9.53. The Morgan fingerprint density at radius 1 is 1.14 bits per heavy atom. The predicted octanol–water partition coefficient (Wildman–Crippen LogP) is 4.18. The van der Waals surface area contributed by atoms with Crippen molar-refractivity contribution >= 4 is 28.3 Å². The summed E-state index contributed by atoms with van der Waals surface area (Å²) in [5.74, 6) is -1.44. The highest BCUT2D eigenvalue weighted by Crippen LogP contribution is 2.57. The Morgan fingerprint density at radius 2 is 1.75 bits per heavy atom. The molecule has 0 unspecified atom stereocenters. The number of rotatable bonds is 4. The van der Waals surface area contributed by atoms with Crippen LogP contribution >= 0.6 is 11.3 Å². The van der Waals surface area contributed by atoms with Gasteiger partial charge < -0.3 is 10.4 Å². The maximum atomic E-state index is 14.1. The number of carboxylic acids is 1. The fraction of sp³-hybridized carbons (Fsp3) is 0.400. The van der Waals surface area contributed by atoms with Crippen LogP contribution in [0.4, 0.5) is 9.52 Å². The summed E-state index contributed by atoms with van der Waals surface area (Å²) in [5, 5.41) is 21.9. The Labute approximate surface area is 165 Å². The highest BCUT2D eigenvalue weighted by atomic mass is 32.1. The van der Waals surface area contributed by atoms with Gasteiger partial charge in [0, 0.05) is 11.0 Å². The SMILES string of the molecule is N#Cc1sc(NC(=O)C23CCC(C(=O)O)(CC2)CC3)nc1-c1ccccc1F. The molecule has 6 nitrogen and oxygen atoms in total. The largest absolute Gasteiger partial charge is 0.481 e. The van der Waals surface area contributed by atoms with E-state index in [1.54, 1.807) is 18.2 Å². The third kappa shape index (κ3) is 2.87. The fourth-order valence-corrected chi connectivity index (χ4v) is 5.13. The highest BCUT2D eigenvalue weighted by Gasteiger charge is 2.55. The van der Waals surface area contributed by atoms with Crippen molar-refractivity contribution in [1.29, 1.82) is 5.26 Å². The molecule has 1 aromatic carbocycles.